The molecule has 1 aromatic rings. The maximum absolute atomic E-state index is 12.2. The predicted octanol–water partition coefficient (Wildman–Crippen LogP) is 2.01. The van der Waals surface area contributed by atoms with Gasteiger partial charge in [-0.05, 0) is 32.8 Å². The van der Waals surface area contributed by atoms with Gasteiger partial charge in [-0.15, -0.1) is 0 Å². The Morgan fingerprint density at radius 3 is 2.61 bits per heavy atom. The number of ketones is 1. The summed E-state index contributed by atoms with van der Waals surface area (Å²) in [4.78, 5) is 27.8. The van der Waals surface area contributed by atoms with E-state index < -0.39 is 0 Å². The molecule has 98 valence electrons. The molecule has 0 atom stereocenters. The number of nitrogens with zero attached hydrogens (tertiary/aromatic N) is 2. The maximum Gasteiger partial charge on any atom is 0.348 e. The zero-order valence-electron chi connectivity index (χ0n) is 11.1. The van der Waals surface area contributed by atoms with E-state index >= 15 is 0 Å². The lowest BCUT2D eigenvalue weighted by Crippen LogP contribution is -2.31. The SMILES string of the molecule is Cc1cc(C)n(CC(=O)C2CCCCC2)c(=O)n1. The number of hydrogen-bond acceptors (Lipinski definition) is 3. The van der Waals surface area contributed by atoms with E-state index in [1.807, 2.05) is 13.0 Å². The molecule has 1 aliphatic carbocycles. The molecule has 0 aromatic carbocycles. The summed E-state index contributed by atoms with van der Waals surface area (Å²) in [6, 6.07) is 1.84. The molecule has 4 heteroatoms. The summed E-state index contributed by atoms with van der Waals surface area (Å²) < 4.78 is 1.49. The lowest BCUT2D eigenvalue weighted by molar-refractivity contribution is -0.124. The Bertz CT molecular complexity index is 499. The van der Waals surface area contributed by atoms with E-state index in [4.69, 9.17) is 0 Å². The van der Waals surface area contributed by atoms with Gasteiger partial charge in [-0.1, -0.05) is 19.3 Å². The molecule has 0 unspecified atom stereocenters. The second kappa shape index (κ2) is 5.46. The van der Waals surface area contributed by atoms with Crippen molar-refractivity contribution < 1.29 is 4.79 Å². The van der Waals surface area contributed by atoms with Crippen LogP contribution in [0.15, 0.2) is 10.9 Å². The van der Waals surface area contributed by atoms with E-state index in [0.717, 1.165) is 31.4 Å². The van der Waals surface area contributed by atoms with Gasteiger partial charge in [-0.3, -0.25) is 9.36 Å². The van der Waals surface area contributed by atoms with Crippen molar-refractivity contribution in [1.29, 1.82) is 0 Å². The van der Waals surface area contributed by atoms with Crippen LogP contribution in [0.1, 0.15) is 43.5 Å². The summed E-state index contributed by atoms with van der Waals surface area (Å²) in [7, 11) is 0. The van der Waals surface area contributed by atoms with Crippen molar-refractivity contribution in [3.05, 3.63) is 27.9 Å². The molecular formula is C14H20N2O2. The van der Waals surface area contributed by atoms with Gasteiger partial charge in [0.1, 0.15) is 0 Å². The molecule has 0 saturated heterocycles. The van der Waals surface area contributed by atoms with Crippen molar-refractivity contribution in [2.24, 2.45) is 5.92 Å². The molecule has 4 nitrogen and oxygen atoms in total. The highest BCUT2D eigenvalue weighted by atomic mass is 16.2. The zero-order valence-corrected chi connectivity index (χ0v) is 11.1. The van der Waals surface area contributed by atoms with Crippen LogP contribution in [-0.4, -0.2) is 15.3 Å². The molecule has 0 radical (unpaired) electrons. The van der Waals surface area contributed by atoms with Crippen LogP contribution in [0.2, 0.25) is 0 Å². The van der Waals surface area contributed by atoms with Crippen LogP contribution in [0, 0.1) is 19.8 Å². The third kappa shape index (κ3) is 2.86. The standard InChI is InChI=1S/C14H20N2O2/c1-10-8-11(2)16(14(18)15-10)9-13(17)12-6-4-3-5-7-12/h8,12H,3-7,9H2,1-2H3. The number of hydrogen-bond donors (Lipinski definition) is 0. The molecule has 1 aliphatic rings. The quantitative estimate of drug-likeness (QED) is 0.822. The van der Waals surface area contributed by atoms with E-state index in [2.05, 4.69) is 4.98 Å². The number of aromatic nitrogens is 2. The minimum absolute atomic E-state index is 0.145. The molecule has 1 fully saturated rings. The monoisotopic (exact) mass is 248 g/mol. The molecule has 0 spiro atoms. The van der Waals surface area contributed by atoms with E-state index in [9.17, 15) is 9.59 Å². The van der Waals surface area contributed by atoms with Crippen molar-refractivity contribution in [3.8, 4) is 0 Å². The Morgan fingerprint density at radius 1 is 1.33 bits per heavy atom. The van der Waals surface area contributed by atoms with Crippen molar-refractivity contribution >= 4 is 5.78 Å². The zero-order chi connectivity index (χ0) is 13.1. The Hall–Kier alpha value is -1.45. The molecule has 1 heterocycles. The molecule has 0 amide bonds. The Kier molecular flexibility index (Phi) is 3.94. The third-order valence-electron chi connectivity index (χ3n) is 3.72. The van der Waals surface area contributed by atoms with Crippen molar-refractivity contribution in [2.45, 2.75) is 52.5 Å². The summed E-state index contributed by atoms with van der Waals surface area (Å²) in [5.74, 6) is 0.330. The fourth-order valence-corrected chi connectivity index (χ4v) is 2.68. The van der Waals surface area contributed by atoms with Crippen LogP contribution in [0.5, 0.6) is 0 Å². The van der Waals surface area contributed by atoms with Crippen molar-refractivity contribution in [1.82, 2.24) is 9.55 Å². The normalized spacial score (nSPS) is 16.8. The summed E-state index contributed by atoms with van der Waals surface area (Å²) in [6.07, 6.45) is 5.46. The molecule has 2 rings (SSSR count). The van der Waals surface area contributed by atoms with Crippen LogP contribution in [0.25, 0.3) is 0 Å². The lowest BCUT2D eigenvalue weighted by atomic mass is 9.86. The second-order valence-electron chi connectivity index (χ2n) is 5.21. The smallest absolute Gasteiger partial charge is 0.297 e. The van der Waals surface area contributed by atoms with E-state index in [-0.39, 0.29) is 23.9 Å². The molecule has 18 heavy (non-hydrogen) atoms. The second-order valence-corrected chi connectivity index (χ2v) is 5.21. The highest BCUT2D eigenvalue weighted by Crippen LogP contribution is 2.24. The van der Waals surface area contributed by atoms with Gasteiger partial charge in [0.25, 0.3) is 0 Å². The van der Waals surface area contributed by atoms with Crippen LogP contribution >= 0.6 is 0 Å². The molecule has 1 saturated carbocycles. The number of Topliss-reactive ketones (excluding diaryl/α,β-unsaturated/α-hetero) is 1. The summed E-state index contributed by atoms with van der Waals surface area (Å²) in [5, 5.41) is 0. The topological polar surface area (TPSA) is 52.0 Å². The predicted molar refractivity (Wildman–Crippen MR) is 69.6 cm³/mol. The number of aryl methyl sites for hydroxylation is 2. The van der Waals surface area contributed by atoms with Gasteiger partial charge in [-0.2, -0.15) is 4.98 Å². The first kappa shape index (κ1) is 13.0. The van der Waals surface area contributed by atoms with Crippen LogP contribution < -0.4 is 5.69 Å². The van der Waals surface area contributed by atoms with E-state index in [1.54, 1.807) is 6.92 Å². The largest absolute Gasteiger partial charge is 0.348 e. The molecule has 0 bridgehead atoms. The van der Waals surface area contributed by atoms with Crippen molar-refractivity contribution in [3.63, 3.8) is 0 Å². The molecule has 0 N–H and O–H groups in total. The van der Waals surface area contributed by atoms with Gasteiger partial charge < -0.3 is 0 Å². The minimum atomic E-state index is -0.309. The fraction of sp³-hybridized carbons (Fsp3) is 0.643. The Morgan fingerprint density at radius 2 is 2.00 bits per heavy atom. The first-order valence-corrected chi connectivity index (χ1v) is 6.65. The van der Waals surface area contributed by atoms with Crippen LogP contribution in [0.3, 0.4) is 0 Å². The minimum Gasteiger partial charge on any atom is -0.297 e. The Labute approximate surface area is 107 Å². The average molecular weight is 248 g/mol. The number of carbonyl (C=O) groups is 1. The van der Waals surface area contributed by atoms with Gasteiger partial charge >= 0.3 is 5.69 Å². The summed E-state index contributed by atoms with van der Waals surface area (Å²) in [6.45, 7) is 3.83. The van der Waals surface area contributed by atoms with Crippen LogP contribution in [-0.2, 0) is 11.3 Å². The van der Waals surface area contributed by atoms with Gasteiger partial charge in [0.2, 0.25) is 0 Å². The van der Waals surface area contributed by atoms with Crippen molar-refractivity contribution in [2.75, 3.05) is 0 Å². The summed E-state index contributed by atoms with van der Waals surface area (Å²) >= 11 is 0. The molecule has 0 aliphatic heterocycles. The van der Waals surface area contributed by atoms with Gasteiger partial charge in [-0.25, -0.2) is 4.79 Å². The van der Waals surface area contributed by atoms with Gasteiger partial charge in [0, 0.05) is 17.3 Å². The molecular weight excluding hydrogens is 228 g/mol. The first-order valence-electron chi connectivity index (χ1n) is 6.65. The number of carbonyl (C=O) groups excluding carboxylic acids is 1. The maximum atomic E-state index is 12.2. The summed E-state index contributed by atoms with van der Waals surface area (Å²) in [5.41, 5.74) is 1.21. The highest BCUT2D eigenvalue weighted by Gasteiger charge is 2.21. The lowest BCUT2D eigenvalue weighted by Gasteiger charge is -2.21. The van der Waals surface area contributed by atoms with E-state index in [1.165, 1.54) is 11.0 Å². The van der Waals surface area contributed by atoms with Gasteiger partial charge in [0.15, 0.2) is 5.78 Å². The third-order valence-corrected chi connectivity index (χ3v) is 3.72. The number of rotatable bonds is 3. The van der Waals surface area contributed by atoms with Crippen LogP contribution in [0.4, 0.5) is 0 Å². The average Bonchev–Trinajstić information content (AvgIpc) is 2.34. The van der Waals surface area contributed by atoms with E-state index in [0.29, 0.717) is 5.69 Å². The Balaban J connectivity index is 2.14. The van der Waals surface area contributed by atoms with Gasteiger partial charge in [0.05, 0.1) is 6.54 Å². The highest BCUT2D eigenvalue weighted by molar-refractivity contribution is 5.80. The fourth-order valence-electron chi connectivity index (χ4n) is 2.68. The molecule has 1 aromatic heterocycles. The first-order chi connectivity index (χ1) is 8.58.